The van der Waals surface area contributed by atoms with Crippen LogP contribution in [-0.4, -0.2) is 63.5 Å². The number of fused-ring (bicyclic) bond motifs is 1. The average molecular weight is 554 g/mol. The largest absolute Gasteiger partial charge is 0.480 e. The van der Waals surface area contributed by atoms with E-state index in [2.05, 4.69) is 23.3 Å². The molecule has 1 aliphatic rings. The van der Waals surface area contributed by atoms with Crippen molar-refractivity contribution in [3.63, 3.8) is 0 Å². The molecule has 1 aliphatic heterocycles. The third-order valence-corrected chi connectivity index (χ3v) is 7.02. The number of rotatable bonds is 14. The van der Waals surface area contributed by atoms with Crippen LogP contribution in [0.2, 0.25) is 0 Å². The van der Waals surface area contributed by atoms with Crippen molar-refractivity contribution in [2.24, 2.45) is 5.92 Å². The van der Waals surface area contributed by atoms with E-state index in [1.54, 1.807) is 48.5 Å². The number of carbonyl (C=O) groups is 5. The molecule has 0 spiro atoms. The van der Waals surface area contributed by atoms with Crippen molar-refractivity contribution in [2.75, 3.05) is 6.54 Å². The Kier molecular flexibility index (Phi) is 10.7. The van der Waals surface area contributed by atoms with Gasteiger partial charge in [0.25, 0.3) is 11.8 Å². The minimum atomic E-state index is -1.16. The summed E-state index contributed by atoms with van der Waals surface area (Å²) in [7, 11) is 0. The molecule has 0 aromatic heterocycles. The zero-order valence-corrected chi connectivity index (χ0v) is 23.0. The van der Waals surface area contributed by atoms with Crippen LogP contribution in [0, 0.1) is 5.92 Å². The highest BCUT2D eigenvalue weighted by molar-refractivity contribution is 7.81. The molecule has 0 saturated heterocycles. The van der Waals surface area contributed by atoms with Gasteiger partial charge in [0.2, 0.25) is 11.8 Å². The smallest absolute Gasteiger partial charge is 0.326 e. The summed E-state index contributed by atoms with van der Waals surface area (Å²) in [5.41, 5.74) is 1.57. The predicted octanol–water partition coefficient (Wildman–Crippen LogP) is 3.09. The number of amides is 4. The van der Waals surface area contributed by atoms with Crippen LogP contribution in [0.1, 0.15) is 65.8 Å². The van der Waals surface area contributed by atoms with Crippen LogP contribution in [0.15, 0.2) is 54.6 Å². The van der Waals surface area contributed by atoms with Crippen molar-refractivity contribution in [3.8, 4) is 0 Å². The molecule has 0 radical (unpaired) electrons. The van der Waals surface area contributed by atoms with E-state index >= 15 is 0 Å². The van der Waals surface area contributed by atoms with Gasteiger partial charge in [-0.1, -0.05) is 62.7 Å². The molecule has 1 heterocycles. The third kappa shape index (κ3) is 8.16. The lowest BCUT2D eigenvalue weighted by molar-refractivity contribution is -0.142. The summed E-state index contributed by atoms with van der Waals surface area (Å²) >= 11 is 4.40. The molecule has 39 heavy (non-hydrogen) atoms. The van der Waals surface area contributed by atoms with Gasteiger partial charge in [-0.15, -0.1) is 0 Å². The summed E-state index contributed by atoms with van der Waals surface area (Å²) in [6.45, 7) is 4.05. The highest BCUT2D eigenvalue weighted by atomic mass is 32.1. The quantitative estimate of drug-likeness (QED) is 0.161. The number of nitrogens with zero attached hydrogens (tertiary/aromatic N) is 1. The number of hydrogen-bond acceptors (Lipinski definition) is 6. The molecular formula is C29H35N3O6S. The molecule has 4 amide bonds. The van der Waals surface area contributed by atoms with E-state index in [1.807, 2.05) is 19.9 Å². The fraction of sp³-hybridized carbons (Fsp3) is 0.414. The standard InChI is InChI=1S/C29H35N3O6S/c1-18(2)16-22(25(33)31-23(29(37)38)17-19-10-4-3-5-11-19)30-26(34)24(39)14-8-9-15-32-27(35)20-12-6-7-13-21(20)28(32)36/h3-7,10-13,18,22-24,39H,8-9,14-17H2,1-2H3,(H,30,34)(H,31,33)(H,37,38)/t22-,23-,24?/m0/s1. The van der Waals surface area contributed by atoms with Crippen LogP contribution < -0.4 is 10.6 Å². The Morgan fingerprint density at radius 1 is 0.846 bits per heavy atom. The second-order valence-electron chi connectivity index (χ2n) is 10.1. The van der Waals surface area contributed by atoms with E-state index in [4.69, 9.17) is 0 Å². The van der Waals surface area contributed by atoms with Crippen LogP contribution in [-0.2, 0) is 20.8 Å². The molecule has 0 saturated carbocycles. The molecule has 3 rings (SSSR count). The van der Waals surface area contributed by atoms with Gasteiger partial charge in [-0.2, -0.15) is 12.6 Å². The molecule has 2 aromatic rings. The van der Waals surface area contributed by atoms with Crippen molar-refractivity contribution in [1.82, 2.24) is 15.5 Å². The first kappa shape index (κ1) is 29.9. The van der Waals surface area contributed by atoms with E-state index in [-0.39, 0.29) is 30.7 Å². The first-order valence-electron chi connectivity index (χ1n) is 13.1. The van der Waals surface area contributed by atoms with Crippen LogP contribution in [0.25, 0.3) is 0 Å². The first-order valence-corrected chi connectivity index (χ1v) is 13.6. The maximum Gasteiger partial charge on any atom is 0.326 e. The van der Waals surface area contributed by atoms with E-state index in [0.29, 0.717) is 36.8 Å². The number of unbranched alkanes of at least 4 members (excludes halogenated alkanes) is 1. The van der Waals surface area contributed by atoms with Crippen LogP contribution in [0.5, 0.6) is 0 Å². The lowest BCUT2D eigenvalue weighted by atomic mass is 10.0. The Bertz CT molecular complexity index is 1170. The number of benzene rings is 2. The van der Waals surface area contributed by atoms with Gasteiger partial charge in [-0.25, -0.2) is 4.79 Å². The molecule has 2 aromatic carbocycles. The number of hydrogen-bond donors (Lipinski definition) is 4. The molecule has 0 aliphatic carbocycles. The summed E-state index contributed by atoms with van der Waals surface area (Å²) < 4.78 is 0. The van der Waals surface area contributed by atoms with E-state index in [1.165, 1.54) is 4.90 Å². The van der Waals surface area contributed by atoms with Gasteiger partial charge in [0.15, 0.2) is 0 Å². The first-order chi connectivity index (χ1) is 18.6. The summed E-state index contributed by atoms with van der Waals surface area (Å²) in [4.78, 5) is 63.9. The monoisotopic (exact) mass is 553 g/mol. The Morgan fingerprint density at radius 2 is 1.41 bits per heavy atom. The predicted molar refractivity (Wildman–Crippen MR) is 150 cm³/mol. The van der Waals surface area contributed by atoms with Crippen molar-refractivity contribution in [3.05, 3.63) is 71.3 Å². The number of aliphatic carboxylic acids is 1. The van der Waals surface area contributed by atoms with Crippen molar-refractivity contribution in [2.45, 2.75) is 63.3 Å². The average Bonchev–Trinajstić information content (AvgIpc) is 3.15. The number of thiol groups is 1. The number of carboxylic acids is 1. The molecule has 1 unspecified atom stereocenters. The normalized spacial score (nSPS) is 15.0. The van der Waals surface area contributed by atoms with Crippen molar-refractivity contribution >= 4 is 42.2 Å². The zero-order chi connectivity index (χ0) is 28.5. The highest BCUT2D eigenvalue weighted by Crippen LogP contribution is 2.23. The topological polar surface area (TPSA) is 133 Å². The summed E-state index contributed by atoms with van der Waals surface area (Å²) in [5.74, 6) is -2.72. The molecule has 208 valence electrons. The van der Waals surface area contributed by atoms with Gasteiger partial charge in [0, 0.05) is 13.0 Å². The molecule has 9 nitrogen and oxygen atoms in total. The van der Waals surface area contributed by atoms with Gasteiger partial charge in [0.1, 0.15) is 12.1 Å². The maximum absolute atomic E-state index is 13.0. The Balaban J connectivity index is 1.50. The fourth-order valence-corrected chi connectivity index (χ4v) is 4.73. The molecule has 0 fully saturated rings. The van der Waals surface area contributed by atoms with Gasteiger partial charge in [0.05, 0.1) is 16.4 Å². The summed E-state index contributed by atoms with van der Waals surface area (Å²) in [6, 6.07) is 13.6. The molecule has 0 bridgehead atoms. The summed E-state index contributed by atoms with van der Waals surface area (Å²) in [5, 5.41) is 14.2. The SMILES string of the molecule is CC(C)C[C@H](NC(=O)C(S)CCCCN1C(=O)c2ccccc2C1=O)C(=O)N[C@@H](Cc1ccccc1)C(=O)O. The minimum Gasteiger partial charge on any atom is -0.480 e. The van der Waals surface area contributed by atoms with Crippen molar-refractivity contribution < 1.29 is 29.1 Å². The molecule has 3 N–H and O–H groups in total. The van der Waals surface area contributed by atoms with Gasteiger partial charge >= 0.3 is 5.97 Å². The highest BCUT2D eigenvalue weighted by Gasteiger charge is 2.34. The second-order valence-corrected chi connectivity index (χ2v) is 10.7. The zero-order valence-electron chi connectivity index (χ0n) is 22.1. The minimum absolute atomic E-state index is 0.0662. The van der Waals surface area contributed by atoms with Gasteiger partial charge in [-0.3, -0.25) is 24.1 Å². The Hall–Kier alpha value is -3.66. The Morgan fingerprint density at radius 3 is 1.97 bits per heavy atom. The van der Waals surface area contributed by atoms with Crippen molar-refractivity contribution in [1.29, 1.82) is 0 Å². The van der Waals surface area contributed by atoms with E-state index in [9.17, 15) is 29.1 Å². The molecular weight excluding hydrogens is 518 g/mol. The van der Waals surface area contributed by atoms with Gasteiger partial charge < -0.3 is 15.7 Å². The molecule has 3 atom stereocenters. The maximum atomic E-state index is 13.0. The number of imide groups is 1. The second kappa shape index (κ2) is 13.9. The van der Waals surface area contributed by atoms with E-state index in [0.717, 1.165) is 5.56 Å². The lowest BCUT2D eigenvalue weighted by Gasteiger charge is -2.24. The van der Waals surface area contributed by atoms with E-state index < -0.39 is 35.1 Å². The third-order valence-electron chi connectivity index (χ3n) is 6.53. The number of carboxylic acid groups (broad SMARTS) is 1. The number of carbonyl (C=O) groups excluding carboxylic acids is 4. The molecule has 10 heteroatoms. The Labute approximate surface area is 233 Å². The fourth-order valence-electron chi connectivity index (χ4n) is 4.47. The summed E-state index contributed by atoms with van der Waals surface area (Å²) in [6.07, 6.45) is 1.86. The van der Waals surface area contributed by atoms with Crippen LogP contribution in [0.4, 0.5) is 0 Å². The van der Waals surface area contributed by atoms with Crippen LogP contribution >= 0.6 is 12.6 Å². The lowest BCUT2D eigenvalue weighted by Crippen LogP contribution is -2.53. The van der Waals surface area contributed by atoms with Crippen LogP contribution in [0.3, 0.4) is 0 Å². The number of nitrogens with one attached hydrogen (secondary N) is 2. The van der Waals surface area contributed by atoms with Gasteiger partial charge in [-0.05, 0) is 42.9 Å².